The molecule has 25 heteroatoms. The van der Waals surface area contributed by atoms with Crippen molar-refractivity contribution in [2.75, 3.05) is 19.5 Å². The van der Waals surface area contributed by atoms with Gasteiger partial charge in [0.1, 0.15) is 44.3 Å². The van der Waals surface area contributed by atoms with Crippen LogP contribution < -0.4 is 5.32 Å². The van der Waals surface area contributed by atoms with Crippen molar-refractivity contribution in [3.05, 3.63) is 83.4 Å². The normalized spacial score (nSPS) is 12.9. The van der Waals surface area contributed by atoms with Gasteiger partial charge < -0.3 is 10.4 Å². The number of aromatic nitrogens is 3. The number of hydrogen-bond acceptors (Lipinski definition) is 19. The molecular formula is C31H30N8O13S4. The Morgan fingerprint density at radius 3 is 1.84 bits per heavy atom. The fourth-order valence-corrected chi connectivity index (χ4v) is 8.19. The fourth-order valence-electron chi connectivity index (χ4n) is 5.16. The zero-order chi connectivity index (χ0) is 41.2. The number of nitrogens with one attached hydrogen (secondary N) is 1. The molecule has 0 saturated carbocycles. The number of rotatable bonds is 14. The molecule has 0 spiro atoms. The summed E-state index contributed by atoms with van der Waals surface area (Å²) in [6, 6.07) is 12.6. The third-order valence-electron chi connectivity index (χ3n) is 7.47. The lowest BCUT2D eigenvalue weighted by molar-refractivity contribution is 0.397. The molecule has 296 valence electrons. The average molecular weight is 851 g/mol. The minimum absolute atomic E-state index is 0.0269. The predicted octanol–water partition coefficient (Wildman–Crippen LogP) is 5.37. The molecule has 1 aromatic heterocycles. The van der Waals surface area contributed by atoms with Gasteiger partial charge in [-0.1, -0.05) is 12.1 Å². The number of benzene rings is 4. The van der Waals surface area contributed by atoms with E-state index in [2.05, 4.69) is 44.9 Å². The van der Waals surface area contributed by atoms with E-state index in [0.29, 0.717) is 11.6 Å². The average Bonchev–Trinajstić information content (AvgIpc) is 3.09. The van der Waals surface area contributed by atoms with E-state index in [1.165, 1.54) is 42.5 Å². The van der Waals surface area contributed by atoms with Gasteiger partial charge in [-0.25, -0.2) is 4.98 Å². The fraction of sp³-hybridized carbons (Fsp3) is 0.194. The molecule has 0 aliphatic carbocycles. The summed E-state index contributed by atoms with van der Waals surface area (Å²) in [7, 11) is -16.6. The summed E-state index contributed by atoms with van der Waals surface area (Å²) in [5.41, 5.74) is -1.08. The van der Waals surface area contributed by atoms with Crippen molar-refractivity contribution in [2.24, 2.45) is 20.5 Å². The lowest BCUT2D eigenvalue weighted by Crippen LogP contribution is -2.10. The molecule has 0 unspecified atom stereocenters. The molecule has 0 bridgehead atoms. The van der Waals surface area contributed by atoms with Crippen LogP contribution in [0.2, 0.25) is 0 Å². The standard InChI is InChI=1S/C31H30N8O13S4/c1-17-32-18(2)34-31(33-17)35-26-12-10-23-24(30(26)56(49,50)52-4)13-20(16-54(44,45)46)28(29(23)40)39-38-25-11-9-22(14-27(25)55(47,48)51-3)37-36-21-7-5-19(6-8-21)15-53(41,42)43/h5-14,40H,15-16H2,1-4H3,(H,41,42,43)(H,44,45,46)(H,32,33,34,35). The maximum absolute atomic E-state index is 13.3. The Morgan fingerprint density at radius 1 is 0.661 bits per heavy atom. The number of phenols is 1. The molecule has 5 rings (SSSR count). The summed E-state index contributed by atoms with van der Waals surface area (Å²) < 4.78 is 127. The van der Waals surface area contributed by atoms with Gasteiger partial charge in [-0.05, 0) is 67.9 Å². The first-order valence-corrected chi connectivity index (χ1v) is 21.5. The molecule has 4 N–H and O–H groups in total. The zero-order valence-electron chi connectivity index (χ0n) is 29.4. The van der Waals surface area contributed by atoms with Gasteiger partial charge in [0, 0.05) is 16.3 Å². The number of aromatic hydroxyl groups is 1. The molecular weight excluding hydrogens is 821 g/mol. The molecule has 0 aliphatic rings. The first-order chi connectivity index (χ1) is 26.1. The SMILES string of the molecule is COS(=O)(=O)c1cc(N=Nc2ccc(CS(=O)(=O)O)cc2)ccc1N=Nc1c(CS(=O)(=O)O)cc2c(S(=O)(=O)OC)c(Nc3nc(C)nc(C)n3)ccc2c1O. The predicted molar refractivity (Wildman–Crippen MR) is 198 cm³/mol. The Morgan fingerprint density at radius 2 is 1.25 bits per heavy atom. The molecule has 5 aromatic rings. The Balaban J connectivity index is 1.63. The molecule has 56 heavy (non-hydrogen) atoms. The monoisotopic (exact) mass is 850 g/mol. The second-order valence-electron chi connectivity index (χ2n) is 11.6. The van der Waals surface area contributed by atoms with Crippen LogP contribution in [0.25, 0.3) is 10.8 Å². The van der Waals surface area contributed by atoms with Gasteiger partial charge in [0.25, 0.3) is 40.5 Å². The lowest BCUT2D eigenvalue weighted by Gasteiger charge is -2.16. The highest BCUT2D eigenvalue weighted by Gasteiger charge is 2.28. The zero-order valence-corrected chi connectivity index (χ0v) is 32.6. The van der Waals surface area contributed by atoms with Crippen LogP contribution in [0, 0.1) is 13.8 Å². The summed E-state index contributed by atoms with van der Waals surface area (Å²) in [6.45, 7) is 3.16. The van der Waals surface area contributed by atoms with Crippen LogP contribution in [-0.4, -0.2) is 77.1 Å². The van der Waals surface area contributed by atoms with E-state index in [4.69, 9.17) is 8.74 Å². The number of nitrogens with zero attached hydrogens (tertiary/aromatic N) is 7. The summed E-state index contributed by atoms with van der Waals surface area (Å²) in [4.78, 5) is 11.2. The van der Waals surface area contributed by atoms with Gasteiger partial charge in [-0.3, -0.25) is 17.5 Å². The maximum Gasteiger partial charge on any atom is 0.299 e. The molecule has 0 amide bonds. The van der Waals surface area contributed by atoms with E-state index in [9.17, 15) is 43.3 Å². The Labute approximate surface area is 320 Å². The van der Waals surface area contributed by atoms with Crippen LogP contribution in [0.4, 0.5) is 34.4 Å². The van der Waals surface area contributed by atoms with E-state index in [0.717, 1.165) is 32.4 Å². The number of hydrogen-bond donors (Lipinski definition) is 4. The van der Waals surface area contributed by atoms with Crippen molar-refractivity contribution in [1.82, 2.24) is 15.0 Å². The second kappa shape index (κ2) is 16.0. The molecule has 0 saturated heterocycles. The molecule has 1 heterocycles. The Bertz CT molecular complexity index is 2850. The minimum Gasteiger partial charge on any atom is -0.505 e. The van der Waals surface area contributed by atoms with Crippen LogP contribution in [0.1, 0.15) is 22.8 Å². The van der Waals surface area contributed by atoms with Crippen LogP contribution >= 0.6 is 0 Å². The van der Waals surface area contributed by atoms with Crippen molar-refractivity contribution in [3.8, 4) is 5.75 Å². The van der Waals surface area contributed by atoms with Crippen molar-refractivity contribution in [2.45, 2.75) is 35.1 Å². The number of phenolic OH excluding ortho intramolecular Hbond substituents is 1. The maximum atomic E-state index is 13.3. The molecule has 0 atom stereocenters. The van der Waals surface area contributed by atoms with Crippen molar-refractivity contribution in [3.63, 3.8) is 0 Å². The van der Waals surface area contributed by atoms with E-state index in [1.54, 1.807) is 13.8 Å². The lowest BCUT2D eigenvalue weighted by atomic mass is 10.0. The Hall–Kier alpha value is -5.41. The van der Waals surface area contributed by atoms with Gasteiger partial charge >= 0.3 is 0 Å². The number of aryl methyl sites for hydroxylation is 2. The summed E-state index contributed by atoms with van der Waals surface area (Å²) >= 11 is 0. The molecule has 0 aliphatic heterocycles. The number of fused-ring (bicyclic) bond motifs is 1. The number of anilines is 2. The molecule has 4 aromatic carbocycles. The van der Waals surface area contributed by atoms with Gasteiger partial charge in [-0.2, -0.15) is 53.9 Å². The highest BCUT2D eigenvalue weighted by Crippen LogP contribution is 2.45. The first-order valence-electron chi connectivity index (χ1n) is 15.4. The largest absolute Gasteiger partial charge is 0.505 e. The first kappa shape index (κ1) is 41.7. The van der Waals surface area contributed by atoms with Crippen LogP contribution in [0.15, 0.2) is 90.9 Å². The van der Waals surface area contributed by atoms with Gasteiger partial charge in [-0.15, -0.1) is 10.2 Å². The molecule has 0 radical (unpaired) electrons. The topological polar surface area (TPSA) is 316 Å². The van der Waals surface area contributed by atoms with Crippen molar-refractivity contribution in [1.29, 1.82) is 0 Å². The van der Waals surface area contributed by atoms with Crippen LogP contribution in [-0.2, 0) is 60.3 Å². The van der Waals surface area contributed by atoms with E-state index in [-0.39, 0.29) is 45.0 Å². The quantitative estimate of drug-likeness (QED) is 0.0620. The van der Waals surface area contributed by atoms with Crippen molar-refractivity contribution >= 4 is 85.6 Å². The van der Waals surface area contributed by atoms with Gasteiger partial charge in [0.05, 0.1) is 31.3 Å². The Kier molecular flexibility index (Phi) is 11.9. The van der Waals surface area contributed by atoms with Gasteiger partial charge in [0.15, 0.2) is 5.75 Å². The van der Waals surface area contributed by atoms with Crippen molar-refractivity contribution < 1.29 is 56.2 Å². The number of azo groups is 2. The molecule has 21 nitrogen and oxygen atoms in total. The molecule has 0 fully saturated rings. The second-order valence-corrected chi connectivity index (χ2v) is 17.8. The van der Waals surface area contributed by atoms with E-state index >= 15 is 0 Å². The van der Waals surface area contributed by atoms with Crippen LogP contribution in [0.5, 0.6) is 5.75 Å². The highest BCUT2D eigenvalue weighted by molar-refractivity contribution is 7.87. The summed E-state index contributed by atoms with van der Waals surface area (Å²) in [5, 5.41) is 29.6. The summed E-state index contributed by atoms with van der Waals surface area (Å²) in [6.07, 6.45) is 0. The highest BCUT2D eigenvalue weighted by atomic mass is 32.2. The smallest absolute Gasteiger partial charge is 0.299 e. The van der Waals surface area contributed by atoms with E-state index in [1.807, 2.05) is 0 Å². The third-order valence-corrected chi connectivity index (χ3v) is 11.5. The minimum atomic E-state index is -4.88. The van der Waals surface area contributed by atoms with Crippen LogP contribution in [0.3, 0.4) is 0 Å². The summed E-state index contributed by atoms with van der Waals surface area (Å²) in [5.74, 6) is -2.06. The third kappa shape index (κ3) is 10.1. The van der Waals surface area contributed by atoms with Gasteiger partial charge in [0.2, 0.25) is 5.95 Å². The van der Waals surface area contributed by atoms with E-state index < -0.39 is 78.8 Å².